The number of anilines is 4. The second kappa shape index (κ2) is 7.10. The van der Waals surface area contributed by atoms with Crippen LogP contribution in [0.4, 0.5) is 28.8 Å². The van der Waals surface area contributed by atoms with Crippen molar-refractivity contribution in [3.05, 3.63) is 69.6 Å². The van der Waals surface area contributed by atoms with E-state index >= 15 is 0 Å². The molecule has 0 fully saturated rings. The van der Waals surface area contributed by atoms with Crippen molar-refractivity contribution in [2.45, 2.75) is 6.92 Å². The molecule has 0 unspecified atom stereocenters. The number of aromatic nitrogens is 3. The summed E-state index contributed by atoms with van der Waals surface area (Å²) in [6.07, 6.45) is 2.80. The van der Waals surface area contributed by atoms with Crippen molar-refractivity contribution in [2.75, 3.05) is 10.6 Å². The molecule has 2 heterocycles. The molecular formula is C16H13ClN6O2. The molecule has 0 radical (unpaired) electrons. The normalized spacial score (nSPS) is 10.3. The molecule has 0 aliphatic heterocycles. The lowest BCUT2D eigenvalue weighted by molar-refractivity contribution is -0.383. The Balaban J connectivity index is 1.97. The summed E-state index contributed by atoms with van der Waals surface area (Å²) in [5.41, 5.74) is 1.20. The summed E-state index contributed by atoms with van der Waals surface area (Å²) < 4.78 is 0. The van der Waals surface area contributed by atoms with Gasteiger partial charge in [-0.25, -0.2) is 15.0 Å². The molecule has 0 saturated heterocycles. The SMILES string of the molecule is Cc1ccc(Nc2ncnc(Nc3ccccn3)c2[N+](=O)[O-])cc1Cl. The van der Waals surface area contributed by atoms with Gasteiger partial charge < -0.3 is 10.6 Å². The molecule has 126 valence electrons. The summed E-state index contributed by atoms with van der Waals surface area (Å²) >= 11 is 6.09. The minimum atomic E-state index is -0.552. The van der Waals surface area contributed by atoms with Gasteiger partial charge in [0.2, 0.25) is 11.6 Å². The van der Waals surface area contributed by atoms with Crippen LogP contribution in [0.15, 0.2) is 48.9 Å². The second-order valence-corrected chi connectivity index (χ2v) is 5.51. The quantitative estimate of drug-likeness (QED) is 0.520. The van der Waals surface area contributed by atoms with Gasteiger partial charge >= 0.3 is 5.69 Å². The van der Waals surface area contributed by atoms with Crippen molar-refractivity contribution < 1.29 is 4.92 Å². The van der Waals surface area contributed by atoms with Crippen LogP contribution in [-0.4, -0.2) is 19.9 Å². The van der Waals surface area contributed by atoms with E-state index in [0.29, 0.717) is 16.5 Å². The third kappa shape index (κ3) is 3.81. The predicted molar refractivity (Wildman–Crippen MR) is 95.7 cm³/mol. The van der Waals surface area contributed by atoms with E-state index < -0.39 is 4.92 Å². The average molecular weight is 357 g/mol. The van der Waals surface area contributed by atoms with E-state index in [0.717, 1.165) is 5.56 Å². The lowest BCUT2D eigenvalue weighted by Gasteiger charge is -2.10. The van der Waals surface area contributed by atoms with Crippen molar-refractivity contribution in [3.63, 3.8) is 0 Å². The highest BCUT2D eigenvalue weighted by Crippen LogP contribution is 2.33. The molecule has 0 aliphatic carbocycles. The second-order valence-electron chi connectivity index (χ2n) is 5.11. The van der Waals surface area contributed by atoms with E-state index in [-0.39, 0.29) is 17.3 Å². The van der Waals surface area contributed by atoms with Crippen molar-refractivity contribution in [1.29, 1.82) is 0 Å². The molecule has 0 amide bonds. The largest absolute Gasteiger partial charge is 0.353 e. The Bertz CT molecular complexity index is 920. The van der Waals surface area contributed by atoms with E-state index in [4.69, 9.17) is 11.6 Å². The lowest BCUT2D eigenvalue weighted by atomic mass is 10.2. The lowest BCUT2D eigenvalue weighted by Crippen LogP contribution is -2.06. The van der Waals surface area contributed by atoms with Crippen LogP contribution in [0.25, 0.3) is 0 Å². The molecule has 3 aromatic rings. The summed E-state index contributed by atoms with van der Waals surface area (Å²) in [5.74, 6) is 0.534. The van der Waals surface area contributed by atoms with Gasteiger partial charge in [-0.2, -0.15) is 0 Å². The highest BCUT2D eigenvalue weighted by molar-refractivity contribution is 6.31. The first-order valence-corrected chi connectivity index (χ1v) is 7.63. The van der Waals surface area contributed by atoms with Gasteiger partial charge in [-0.15, -0.1) is 0 Å². The van der Waals surface area contributed by atoms with Gasteiger partial charge in [-0.3, -0.25) is 10.1 Å². The molecule has 0 aliphatic rings. The fraction of sp³-hybridized carbons (Fsp3) is 0.0625. The molecule has 8 nitrogen and oxygen atoms in total. The Labute approximate surface area is 148 Å². The number of halogens is 1. The fourth-order valence-electron chi connectivity index (χ4n) is 2.10. The van der Waals surface area contributed by atoms with Gasteiger partial charge in [0.25, 0.3) is 0 Å². The van der Waals surface area contributed by atoms with Crippen LogP contribution in [0.2, 0.25) is 5.02 Å². The molecule has 1 aromatic carbocycles. The Hall–Kier alpha value is -3.26. The number of hydrogen-bond donors (Lipinski definition) is 2. The Morgan fingerprint density at radius 3 is 2.48 bits per heavy atom. The minimum absolute atomic E-state index is 0.0411. The first-order valence-electron chi connectivity index (χ1n) is 7.25. The smallest absolute Gasteiger partial charge is 0.334 e. The molecule has 9 heteroatoms. The number of aryl methyl sites for hydroxylation is 1. The molecule has 0 bridgehead atoms. The number of pyridine rings is 1. The van der Waals surface area contributed by atoms with Crippen molar-refractivity contribution >= 4 is 40.4 Å². The summed E-state index contributed by atoms with van der Waals surface area (Å²) in [7, 11) is 0. The zero-order chi connectivity index (χ0) is 17.8. The van der Waals surface area contributed by atoms with Gasteiger partial charge in [0.15, 0.2) is 0 Å². The number of hydrogen-bond acceptors (Lipinski definition) is 7. The number of benzene rings is 1. The molecule has 0 atom stereocenters. The zero-order valence-electron chi connectivity index (χ0n) is 13.1. The average Bonchev–Trinajstić information content (AvgIpc) is 2.59. The predicted octanol–water partition coefficient (Wildman–Crippen LogP) is 4.23. The first kappa shape index (κ1) is 16.6. The first-order chi connectivity index (χ1) is 12.0. The van der Waals surface area contributed by atoms with E-state index in [1.165, 1.54) is 6.33 Å². The number of nitrogens with zero attached hydrogens (tertiary/aromatic N) is 4. The van der Waals surface area contributed by atoms with Gasteiger partial charge in [0.05, 0.1) is 4.92 Å². The van der Waals surface area contributed by atoms with Crippen molar-refractivity contribution in [1.82, 2.24) is 15.0 Å². The highest BCUT2D eigenvalue weighted by atomic mass is 35.5. The fourth-order valence-corrected chi connectivity index (χ4v) is 2.28. The van der Waals surface area contributed by atoms with Gasteiger partial charge in [0.1, 0.15) is 12.1 Å². The number of rotatable bonds is 5. The third-order valence-electron chi connectivity index (χ3n) is 3.35. The van der Waals surface area contributed by atoms with Gasteiger partial charge in [-0.1, -0.05) is 23.7 Å². The van der Waals surface area contributed by atoms with E-state index in [1.807, 2.05) is 13.0 Å². The maximum atomic E-state index is 11.5. The Morgan fingerprint density at radius 2 is 1.84 bits per heavy atom. The van der Waals surface area contributed by atoms with Crippen LogP contribution >= 0.6 is 11.6 Å². The standard InChI is InChI=1S/C16H13ClN6O2/c1-10-5-6-11(8-12(10)17)21-15-14(23(24)25)16(20-9-19-15)22-13-4-2-3-7-18-13/h2-9H,1H3,(H2,18,19,20,21,22). The maximum absolute atomic E-state index is 11.5. The van der Waals surface area contributed by atoms with Crippen LogP contribution in [0.5, 0.6) is 0 Å². The van der Waals surface area contributed by atoms with Crippen LogP contribution < -0.4 is 10.6 Å². The highest BCUT2D eigenvalue weighted by Gasteiger charge is 2.23. The molecule has 3 rings (SSSR count). The summed E-state index contributed by atoms with van der Waals surface area (Å²) in [5, 5.41) is 17.8. The maximum Gasteiger partial charge on any atom is 0.353 e. The summed E-state index contributed by atoms with van der Waals surface area (Å²) in [6, 6.07) is 10.4. The Kier molecular flexibility index (Phi) is 4.71. The summed E-state index contributed by atoms with van der Waals surface area (Å²) in [4.78, 5) is 23.0. The van der Waals surface area contributed by atoms with Gasteiger partial charge in [-0.05, 0) is 36.8 Å². The minimum Gasteiger partial charge on any atom is -0.334 e. The van der Waals surface area contributed by atoms with Crippen molar-refractivity contribution in [3.8, 4) is 0 Å². The monoisotopic (exact) mass is 356 g/mol. The van der Waals surface area contributed by atoms with Crippen LogP contribution in [0.3, 0.4) is 0 Å². The number of nitro groups is 1. The Morgan fingerprint density at radius 1 is 1.08 bits per heavy atom. The molecule has 25 heavy (non-hydrogen) atoms. The molecule has 2 N–H and O–H groups in total. The van der Waals surface area contributed by atoms with E-state index in [2.05, 4.69) is 25.6 Å². The zero-order valence-corrected chi connectivity index (χ0v) is 13.9. The number of nitrogens with one attached hydrogen (secondary N) is 2. The van der Waals surface area contributed by atoms with Crippen LogP contribution in [-0.2, 0) is 0 Å². The van der Waals surface area contributed by atoms with E-state index in [1.54, 1.807) is 36.5 Å². The van der Waals surface area contributed by atoms with E-state index in [9.17, 15) is 10.1 Å². The van der Waals surface area contributed by atoms with Crippen LogP contribution in [0, 0.1) is 17.0 Å². The van der Waals surface area contributed by atoms with Crippen molar-refractivity contribution in [2.24, 2.45) is 0 Å². The topological polar surface area (TPSA) is 106 Å². The third-order valence-corrected chi connectivity index (χ3v) is 3.76. The van der Waals surface area contributed by atoms with Gasteiger partial charge in [0, 0.05) is 16.9 Å². The molecule has 2 aromatic heterocycles. The molecule has 0 spiro atoms. The van der Waals surface area contributed by atoms with Crippen LogP contribution in [0.1, 0.15) is 5.56 Å². The molecule has 0 saturated carbocycles. The summed E-state index contributed by atoms with van der Waals surface area (Å²) in [6.45, 7) is 1.87. The molecular weight excluding hydrogens is 344 g/mol.